The van der Waals surface area contributed by atoms with Crippen molar-refractivity contribution < 1.29 is 9.84 Å². The highest BCUT2D eigenvalue weighted by Crippen LogP contribution is 2.30. The van der Waals surface area contributed by atoms with Gasteiger partial charge in [0.15, 0.2) is 0 Å². The number of nitrogens with zero attached hydrogens (tertiary/aromatic N) is 1. The van der Waals surface area contributed by atoms with Gasteiger partial charge in [-0.3, -0.25) is 4.98 Å². The van der Waals surface area contributed by atoms with Crippen LogP contribution in [0.2, 0.25) is 0 Å². The first kappa shape index (κ1) is 15.3. The lowest BCUT2D eigenvalue weighted by Gasteiger charge is -2.24. The number of pyridine rings is 1. The highest BCUT2D eigenvalue weighted by molar-refractivity contribution is 14.1. The van der Waals surface area contributed by atoms with E-state index in [9.17, 15) is 5.11 Å². The highest BCUT2D eigenvalue weighted by Gasteiger charge is 2.26. The zero-order valence-electron chi connectivity index (χ0n) is 11.6. The minimum absolute atomic E-state index is 0.650. The third-order valence-electron chi connectivity index (χ3n) is 3.15. The molecular formula is C16H18INO2. The highest BCUT2D eigenvalue weighted by atomic mass is 127. The summed E-state index contributed by atoms with van der Waals surface area (Å²) in [6.45, 7) is 4.48. The van der Waals surface area contributed by atoms with Gasteiger partial charge in [0.25, 0.3) is 0 Å². The monoisotopic (exact) mass is 383 g/mol. The first-order chi connectivity index (χ1) is 9.54. The van der Waals surface area contributed by atoms with Crippen molar-refractivity contribution in [2.24, 2.45) is 0 Å². The van der Waals surface area contributed by atoms with Crippen LogP contribution in [0.3, 0.4) is 0 Å². The average Bonchev–Trinajstić information content (AvgIpc) is 2.46. The van der Waals surface area contributed by atoms with Crippen molar-refractivity contribution in [2.75, 3.05) is 6.61 Å². The van der Waals surface area contributed by atoms with Crippen LogP contribution in [-0.4, -0.2) is 16.7 Å². The largest absolute Gasteiger partial charge is 0.492 e. The lowest BCUT2D eigenvalue weighted by molar-refractivity contribution is 0.101. The Hall–Kier alpha value is -1.14. The third-order valence-corrected chi connectivity index (χ3v) is 3.87. The molecule has 1 unspecified atom stereocenters. The number of hydrogen-bond acceptors (Lipinski definition) is 3. The predicted octanol–water partition coefficient (Wildman–Crippen LogP) is 3.73. The summed E-state index contributed by atoms with van der Waals surface area (Å²) in [6.07, 6.45) is 4.29. The summed E-state index contributed by atoms with van der Waals surface area (Å²) in [5, 5.41) is 10.8. The van der Waals surface area contributed by atoms with Gasteiger partial charge in [-0.25, -0.2) is 0 Å². The lowest BCUT2D eigenvalue weighted by atomic mass is 9.89. The van der Waals surface area contributed by atoms with E-state index in [1.807, 2.05) is 30.3 Å². The molecule has 3 nitrogen and oxygen atoms in total. The van der Waals surface area contributed by atoms with E-state index in [-0.39, 0.29) is 0 Å². The summed E-state index contributed by atoms with van der Waals surface area (Å²) in [6, 6.07) is 9.67. The molecule has 1 N–H and O–H groups in total. The van der Waals surface area contributed by atoms with Crippen LogP contribution in [0.5, 0.6) is 5.75 Å². The molecule has 0 radical (unpaired) electrons. The fourth-order valence-corrected chi connectivity index (χ4v) is 2.28. The van der Waals surface area contributed by atoms with Crippen molar-refractivity contribution >= 4 is 22.6 Å². The second-order valence-electron chi connectivity index (χ2n) is 4.84. The summed E-state index contributed by atoms with van der Waals surface area (Å²) in [5.41, 5.74) is 0.489. The molecule has 1 aromatic carbocycles. The van der Waals surface area contributed by atoms with Crippen LogP contribution in [0, 0.1) is 3.57 Å². The van der Waals surface area contributed by atoms with Gasteiger partial charge in [-0.05, 0) is 59.7 Å². The second-order valence-corrected chi connectivity index (χ2v) is 6.08. The summed E-state index contributed by atoms with van der Waals surface area (Å²) >= 11 is 2.25. The summed E-state index contributed by atoms with van der Waals surface area (Å²) < 4.78 is 6.71. The van der Waals surface area contributed by atoms with E-state index in [0.29, 0.717) is 12.4 Å². The molecule has 0 saturated heterocycles. The average molecular weight is 383 g/mol. The molecule has 1 atom stereocenters. The molecule has 20 heavy (non-hydrogen) atoms. The molecule has 2 aromatic rings. The molecule has 0 aliphatic carbocycles. The molecule has 1 aromatic heterocycles. The number of rotatable bonds is 5. The van der Waals surface area contributed by atoms with Crippen molar-refractivity contribution in [3.63, 3.8) is 0 Å². The van der Waals surface area contributed by atoms with E-state index >= 15 is 0 Å². The molecule has 1 heterocycles. The number of ether oxygens (including phenoxy) is 1. The van der Waals surface area contributed by atoms with Gasteiger partial charge in [-0.2, -0.15) is 0 Å². The maximum Gasteiger partial charge on any atom is 0.137 e. The van der Waals surface area contributed by atoms with E-state index in [1.165, 1.54) is 0 Å². The molecule has 0 aliphatic heterocycles. The molecule has 4 heteroatoms. The third kappa shape index (κ3) is 3.49. The SMILES string of the molecule is CCCOc1cncc(C(C)(O)c2ccc(I)cc2)c1. The maximum atomic E-state index is 10.8. The van der Waals surface area contributed by atoms with Gasteiger partial charge in [0.2, 0.25) is 0 Å². The lowest BCUT2D eigenvalue weighted by Crippen LogP contribution is -2.23. The van der Waals surface area contributed by atoms with Crippen LogP contribution >= 0.6 is 22.6 Å². The molecule has 0 fully saturated rings. The summed E-state index contributed by atoms with van der Waals surface area (Å²) in [4.78, 5) is 4.16. The van der Waals surface area contributed by atoms with Crippen LogP contribution in [0.4, 0.5) is 0 Å². The van der Waals surface area contributed by atoms with Gasteiger partial charge in [0.05, 0.1) is 12.8 Å². The van der Waals surface area contributed by atoms with Crippen molar-refractivity contribution in [3.8, 4) is 5.75 Å². The van der Waals surface area contributed by atoms with Gasteiger partial charge < -0.3 is 9.84 Å². The van der Waals surface area contributed by atoms with E-state index in [4.69, 9.17) is 4.74 Å². The summed E-state index contributed by atoms with van der Waals surface area (Å²) in [5.74, 6) is 0.690. The second kappa shape index (κ2) is 6.54. The number of aliphatic hydroxyl groups is 1. The Morgan fingerprint density at radius 2 is 1.90 bits per heavy atom. The van der Waals surface area contributed by atoms with Gasteiger partial charge in [0.1, 0.15) is 11.4 Å². The first-order valence-electron chi connectivity index (χ1n) is 6.60. The maximum absolute atomic E-state index is 10.8. The van der Waals surface area contributed by atoms with E-state index in [0.717, 1.165) is 21.1 Å². The quantitative estimate of drug-likeness (QED) is 0.801. The molecule has 106 valence electrons. The Bertz CT molecular complexity index is 567. The van der Waals surface area contributed by atoms with Crippen LogP contribution in [-0.2, 0) is 5.60 Å². The predicted molar refractivity (Wildman–Crippen MR) is 87.9 cm³/mol. The number of halogens is 1. The smallest absolute Gasteiger partial charge is 0.137 e. The molecule has 0 amide bonds. The van der Waals surface area contributed by atoms with E-state index in [1.54, 1.807) is 19.3 Å². The Balaban J connectivity index is 2.30. The Morgan fingerprint density at radius 3 is 2.55 bits per heavy atom. The molecule has 0 saturated carbocycles. The Kier molecular flexibility index (Phi) is 4.99. The van der Waals surface area contributed by atoms with Crippen LogP contribution in [0.1, 0.15) is 31.4 Å². The normalized spacial score (nSPS) is 13.8. The molecule has 0 bridgehead atoms. The molecule has 0 spiro atoms. The minimum atomic E-state index is -1.08. The van der Waals surface area contributed by atoms with Crippen molar-refractivity contribution in [1.82, 2.24) is 4.98 Å². The van der Waals surface area contributed by atoms with E-state index < -0.39 is 5.60 Å². The minimum Gasteiger partial charge on any atom is -0.492 e. The topological polar surface area (TPSA) is 42.4 Å². The number of hydrogen-bond donors (Lipinski definition) is 1. The van der Waals surface area contributed by atoms with Crippen LogP contribution < -0.4 is 4.74 Å². The zero-order valence-corrected chi connectivity index (χ0v) is 13.8. The standard InChI is InChI=1S/C16H18INO2/c1-3-8-20-15-9-13(10-18-11-15)16(2,19)12-4-6-14(17)7-5-12/h4-7,9-11,19H,3,8H2,1-2H3. The van der Waals surface area contributed by atoms with Crippen molar-refractivity contribution in [2.45, 2.75) is 25.9 Å². The van der Waals surface area contributed by atoms with E-state index in [2.05, 4.69) is 34.5 Å². The summed E-state index contributed by atoms with van der Waals surface area (Å²) in [7, 11) is 0. The van der Waals surface area contributed by atoms with Gasteiger partial charge in [-0.1, -0.05) is 19.1 Å². The van der Waals surface area contributed by atoms with Gasteiger partial charge in [-0.15, -0.1) is 0 Å². The Labute approximate surface area is 133 Å². The van der Waals surface area contributed by atoms with Crippen LogP contribution in [0.25, 0.3) is 0 Å². The fraction of sp³-hybridized carbons (Fsp3) is 0.312. The van der Waals surface area contributed by atoms with Gasteiger partial charge in [0, 0.05) is 15.3 Å². The number of aromatic nitrogens is 1. The fourth-order valence-electron chi connectivity index (χ4n) is 1.92. The Morgan fingerprint density at radius 1 is 1.20 bits per heavy atom. The molecule has 0 aliphatic rings. The van der Waals surface area contributed by atoms with Crippen molar-refractivity contribution in [1.29, 1.82) is 0 Å². The van der Waals surface area contributed by atoms with Crippen molar-refractivity contribution in [3.05, 3.63) is 57.4 Å². The molecule has 2 rings (SSSR count). The molecular weight excluding hydrogens is 365 g/mol. The van der Waals surface area contributed by atoms with Gasteiger partial charge >= 0.3 is 0 Å². The first-order valence-corrected chi connectivity index (χ1v) is 7.68. The zero-order chi connectivity index (χ0) is 14.6. The number of benzene rings is 1. The van der Waals surface area contributed by atoms with Crippen LogP contribution in [0.15, 0.2) is 42.7 Å².